The fourth-order valence-corrected chi connectivity index (χ4v) is 0.190. The van der Waals surface area contributed by atoms with Gasteiger partial charge in [0.05, 0.1) is 0 Å². The molecule has 0 aliphatic rings. The summed E-state index contributed by atoms with van der Waals surface area (Å²) in [5.74, 6) is -2.15. The number of carboxylic acids is 2. The molecule has 0 aromatic rings. The van der Waals surface area contributed by atoms with Gasteiger partial charge in [-0.2, -0.15) is 5.26 Å². The van der Waals surface area contributed by atoms with Crippen LogP contribution in [0.4, 0.5) is 0 Å². The molecule has 0 heterocycles. The molecule has 0 spiro atoms. The molecule has 0 fully saturated rings. The summed E-state index contributed by atoms with van der Waals surface area (Å²) in [6.45, 7) is 4.57. The standard InChI is InChI=1S/C4H3NO2.C4H6O2/c1-3(2-5)4(6)7;1-2-3-4(5)6/h1H2,(H,6,7);2-3H,1H3,(H,5,6). The zero-order valence-electron chi connectivity index (χ0n) is 7.02. The highest BCUT2D eigenvalue weighted by atomic mass is 16.4. The molecule has 2 N–H and O–H groups in total. The van der Waals surface area contributed by atoms with E-state index in [9.17, 15) is 9.59 Å². The summed E-state index contributed by atoms with van der Waals surface area (Å²) >= 11 is 0. The van der Waals surface area contributed by atoms with Crippen LogP contribution in [0, 0.1) is 11.3 Å². The maximum Gasteiger partial charge on any atom is 0.345 e. The third-order valence-corrected chi connectivity index (χ3v) is 0.702. The minimum Gasteiger partial charge on any atom is -0.478 e. The Kier molecular flexibility index (Phi) is 8.32. The summed E-state index contributed by atoms with van der Waals surface area (Å²) in [7, 11) is 0. The number of carbonyl (C=O) groups is 2. The van der Waals surface area contributed by atoms with Crippen LogP contribution in [0.25, 0.3) is 0 Å². The van der Waals surface area contributed by atoms with Crippen LogP contribution in [0.5, 0.6) is 0 Å². The molecule has 70 valence electrons. The van der Waals surface area contributed by atoms with Gasteiger partial charge in [-0.25, -0.2) is 9.59 Å². The van der Waals surface area contributed by atoms with E-state index in [1.54, 1.807) is 6.92 Å². The lowest BCUT2D eigenvalue weighted by molar-refractivity contribution is -0.132. The Morgan fingerprint density at radius 2 is 1.92 bits per heavy atom. The maximum atomic E-state index is 9.61. The first-order valence-corrected chi connectivity index (χ1v) is 3.13. The van der Waals surface area contributed by atoms with E-state index in [2.05, 4.69) is 6.58 Å². The average Bonchev–Trinajstić information content (AvgIpc) is 2.03. The molecule has 0 saturated carbocycles. The lowest BCUT2D eigenvalue weighted by Gasteiger charge is -1.76. The fraction of sp³-hybridized carbons (Fsp3) is 0.125. The first kappa shape index (κ1) is 13.5. The zero-order valence-corrected chi connectivity index (χ0v) is 7.02. The van der Waals surface area contributed by atoms with E-state index >= 15 is 0 Å². The highest BCUT2D eigenvalue weighted by Gasteiger charge is 1.97. The highest BCUT2D eigenvalue weighted by molar-refractivity contribution is 5.90. The van der Waals surface area contributed by atoms with Crippen LogP contribution in [-0.4, -0.2) is 22.2 Å². The molecule has 0 atom stereocenters. The van der Waals surface area contributed by atoms with Gasteiger partial charge in [0.25, 0.3) is 0 Å². The van der Waals surface area contributed by atoms with Crippen LogP contribution in [-0.2, 0) is 9.59 Å². The second-order valence-electron chi connectivity index (χ2n) is 1.73. The largest absolute Gasteiger partial charge is 0.478 e. The van der Waals surface area contributed by atoms with Crippen molar-refractivity contribution in [1.82, 2.24) is 0 Å². The van der Waals surface area contributed by atoms with Crippen molar-refractivity contribution >= 4 is 11.9 Å². The molecular weight excluding hydrogens is 174 g/mol. The van der Waals surface area contributed by atoms with Gasteiger partial charge in [0, 0.05) is 6.08 Å². The number of nitriles is 1. The molecule has 0 amide bonds. The van der Waals surface area contributed by atoms with Crippen molar-refractivity contribution in [2.45, 2.75) is 6.92 Å². The molecule has 0 saturated heterocycles. The molecule has 0 aromatic heterocycles. The van der Waals surface area contributed by atoms with Gasteiger partial charge in [0.15, 0.2) is 0 Å². The highest BCUT2D eigenvalue weighted by Crippen LogP contribution is 1.81. The zero-order chi connectivity index (χ0) is 10.9. The molecule has 5 nitrogen and oxygen atoms in total. The summed E-state index contributed by atoms with van der Waals surface area (Å²) < 4.78 is 0. The number of allylic oxidation sites excluding steroid dienone is 1. The normalized spacial score (nSPS) is 8.00. The Morgan fingerprint density at radius 1 is 1.46 bits per heavy atom. The fourth-order valence-electron chi connectivity index (χ4n) is 0.190. The molecule has 5 heteroatoms. The van der Waals surface area contributed by atoms with Crippen LogP contribution >= 0.6 is 0 Å². The Balaban J connectivity index is 0. The monoisotopic (exact) mass is 183 g/mol. The van der Waals surface area contributed by atoms with Crippen LogP contribution in [0.2, 0.25) is 0 Å². The van der Waals surface area contributed by atoms with Crippen molar-refractivity contribution < 1.29 is 19.8 Å². The smallest absolute Gasteiger partial charge is 0.345 e. The lowest BCUT2D eigenvalue weighted by atomic mass is 10.4. The van der Waals surface area contributed by atoms with Crippen molar-refractivity contribution in [3.8, 4) is 6.07 Å². The molecular formula is C8H9NO4. The molecule has 13 heavy (non-hydrogen) atoms. The minimum absolute atomic E-state index is 0.431. The Labute approximate surface area is 75.2 Å². The summed E-state index contributed by atoms with van der Waals surface area (Å²) in [4.78, 5) is 19.1. The Morgan fingerprint density at radius 3 is 1.92 bits per heavy atom. The molecule has 0 radical (unpaired) electrons. The first-order valence-electron chi connectivity index (χ1n) is 3.13. The predicted molar refractivity (Wildman–Crippen MR) is 44.8 cm³/mol. The number of carboxylic acid groups (broad SMARTS) is 2. The first-order chi connectivity index (χ1) is 5.95. The molecule has 0 bridgehead atoms. The van der Waals surface area contributed by atoms with Crippen LogP contribution in [0.1, 0.15) is 6.92 Å². The van der Waals surface area contributed by atoms with E-state index in [1.807, 2.05) is 0 Å². The van der Waals surface area contributed by atoms with Crippen molar-refractivity contribution in [3.63, 3.8) is 0 Å². The van der Waals surface area contributed by atoms with Crippen LogP contribution in [0.15, 0.2) is 24.3 Å². The third-order valence-electron chi connectivity index (χ3n) is 0.702. The number of hydrogen-bond donors (Lipinski definition) is 2. The topological polar surface area (TPSA) is 98.4 Å². The summed E-state index contributed by atoms with van der Waals surface area (Å²) in [5, 5.41) is 23.5. The van der Waals surface area contributed by atoms with Gasteiger partial charge in [-0.15, -0.1) is 0 Å². The Hall–Kier alpha value is -2.09. The van der Waals surface area contributed by atoms with E-state index in [0.717, 1.165) is 6.08 Å². The van der Waals surface area contributed by atoms with E-state index in [4.69, 9.17) is 15.5 Å². The van der Waals surface area contributed by atoms with Crippen LogP contribution < -0.4 is 0 Å². The molecule has 0 unspecified atom stereocenters. The van der Waals surface area contributed by atoms with Gasteiger partial charge in [-0.1, -0.05) is 12.7 Å². The van der Waals surface area contributed by atoms with Crippen molar-refractivity contribution in [1.29, 1.82) is 5.26 Å². The maximum absolute atomic E-state index is 9.61. The number of rotatable bonds is 2. The number of aliphatic carboxylic acids is 2. The van der Waals surface area contributed by atoms with Crippen LogP contribution in [0.3, 0.4) is 0 Å². The van der Waals surface area contributed by atoms with Gasteiger partial charge in [-0.3, -0.25) is 0 Å². The van der Waals surface area contributed by atoms with Crippen molar-refractivity contribution in [2.24, 2.45) is 0 Å². The number of nitrogens with zero attached hydrogens (tertiary/aromatic N) is 1. The summed E-state index contributed by atoms with van der Waals surface area (Å²) in [5.41, 5.74) is -0.431. The van der Waals surface area contributed by atoms with Gasteiger partial charge >= 0.3 is 11.9 Å². The van der Waals surface area contributed by atoms with Crippen molar-refractivity contribution in [3.05, 3.63) is 24.3 Å². The second kappa shape index (κ2) is 8.01. The van der Waals surface area contributed by atoms with Gasteiger partial charge in [0.2, 0.25) is 0 Å². The molecule has 0 aliphatic carbocycles. The quantitative estimate of drug-likeness (QED) is 0.487. The van der Waals surface area contributed by atoms with E-state index in [1.165, 1.54) is 12.1 Å². The second-order valence-corrected chi connectivity index (χ2v) is 1.73. The predicted octanol–water partition coefficient (Wildman–Crippen LogP) is 0.798. The average molecular weight is 183 g/mol. The Bertz CT molecular complexity index is 272. The van der Waals surface area contributed by atoms with Gasteiger partial charge < -0.3 is 10.2 Å². The van der Waals surface area contributed by atoms with E-state index in [-0.39, 0.29) is 0 Å². The van der Waals surface area contributed by atoms with Gasteiger partial charge in [0.1, 0.15) is 11.6 Å². The SMILES string of the molecule is C=C(C#N)C(=O)O.CC=CC(=O)O. The lowest BCUT2D eigenvalue weighted by Crippen LogP contribution is -1.94. The molecule has 0 aromatic carbocycles. The number of hydrogen-bond acceptors (Lipinski definition) is 3. The molecule has 0 aliphatic heterocycles. The van der Waals surface area contributed by atoms with Crippen molar-refractivity contribution in [2.75, 3.05) is 0 Å². The third kappa shape index (κ3) is 13.0. The van der Waals surface area contributed by atoms with Gasteiger partial charge in [-0.05, 0) is 6.92 Å². The van der Waals surface area contributed by atoms with E-state index in [0.29, 0.717) is 0 Å². The summed E-state index contributed by atoms with van der Waals surface area (Å²) in [6.07, 6.45) is 2.56. The molecule has 0 rings (SSSR count). The summed E-state index contributed by atoms with van der Waals surface area (Å²) in [6, 6.07) is 1.37. The van der Waals surface area contributed by atoms with E-state index < -0.39 is 17.5 Å². The minimum atomic E-state index is -1.26.